The molecule has 0 saturated carbocycles. The highest BCUT2D eigenvalue weighted by molar-refractivity contribution is 5.71. The second-order valence-electron chi connectivity index (χ2n) is 3.54. The van der Waals surface area contributed by atoms with Crippen LogP contribution in [0.25, 0.3) is 0 Å². The van der Waals surface area contributed by atoms with Crippen LogP contribution in [0.5, 0.6) is 0 Å². The Bertz CT molecular complexity index is 336. The van der Waals surface area contributed by atoms with Gasteiger partial charge in [0, 0.05) is 5.69 Å². The average molecular weight is 193 g/mol. The zero-order valence-electron chi connectivity index (χ0n) is 8.40. The first-order valence-corrected chi connectivity index (χ1v) is 4.61. The maximum Gasteiger partial charge on any atom is 0.306 e. The van der Waals surface area contributed by atoms with Gasteiger partial charge in [-0.25, -0.2) is 0 Å². The van der Waals surface area contributed by atoms with Gasteiger partial charge in [0.1, 0.15) is 0 Å². The van der Waals surface area contributed by atoms with E-state index >= 15 is 0 Å². The van der Waals surface area contributed by atoms with Gasteiger partial charge in [-0.2, -0.15) is 0 Å². The lowest BCUT2D eigenvalue weighted by molar-refractivity contribution is -0.141. The van der Waals surface area contributed by atoms with Crippen LogP contribution >= 0.6 is 0 Å². The molecule has 0 radical (unpaired) electrons. The summed E-state index contributed by atoms with van der Waals surface area (Å²) in [7, 11) is 0. The molecule has 1 rings (SSSR count). The smallest absolute Gasteiger partial charge is 0.306 e. The summed E-state index contributed by atoms with van der Waals surface area (Å²) in [5.41, 5.74) is 7.33. The third-order valence-corrected chi connectivity index (χ3v) is 2.63. The fourth-order valence-corrected chi connectivity index (χ4v) is 1.41. The molecule has 76 valence electrons. The molecule has 0 aliphatic rings. The molecule has 0 fully saturated rings. The Morgan fingerprint density at radius 3 is 2.43 bits per heavy atom. The number of para-hydroxylation sites is 1. The van der Waals surface area contributed by atoms with Gasteiger partial charge in [-0.1, -0.05) is 32.0 Å². The number of aliphatic carboxylic acids is 1. The number of nitrogen functional groups attached to an aromatic ring is 1. The van der Waals surface area contributed by atoms with E-state index in [-0.39, 0.29) is 5.92 Å². The SMILES string of the molecule is CC(C(=O)O)C(C)c1ccccc1N. The van der Waals surface area contributed by atoms with Gasteiger partial charge < -0.3 is 10.8 Å². The number of hydrogen-bond donors (Lipinski definition) is 2. The third kappa shape index (κ3) is 2.05. The lowest BCUT2D eigenvalue weighted by Gasteiger charge is -2.17. The Morgan fingerprint density at radius 2 is 1.93 bits per heavy atom. The first-order chi connectivity index (χ1) is 6.54. The Morgan fingerprint density at radius 1 is 1.36 bits per heavy atom. The standard InChI is InChI=1S/C11H15NO2/c1-7(8(2)11(13)14)9-5-3-4-6-10(9)12/h3-8H,12H2,1-2H3,(H,13,14). The minimum Gasteiger partial charge on any atom is -0.481 e. The van der Waals surface area contributed by atoms with Crippen LogP contribution in [0, 0.1) is 5.92 Å². The minimum absolute atomic E-state index is 0.0614. The van der Waals surface area contributed by atoms with Crippen LogP contribution in [0.3, 0.4) is 0 Å². The maximum absolute atomic E-state index is 10.8. The third-order valence-electron chi connectivity index (χ3n) is 2.63. The van der Waals surface area contributed by atoms with Gasteiger partial charge >= 0.3 is 5.97 Å². The molecule has 3 N–H and O–H groups in total. The first kappa shape index (κ1) is 10.6. The second-order valence-corrected chi connectivity index (χ2v) is 3.54. The van der Waals surface area contributed by atoms with E-state index in [4.69, 9.17) is 10.8 Å². The number of anilines is 1. The molecule has 2 atom stereocenters. The Hall–Kier alpha value is -1.51. The molecule has 1 aromatic carbocycles. The van der Waals surface area contributed by atoms with Gasteiger partial charge in [0.2, 0.25) is 0 Å². The highest BCUT2D eigenvalue weighted by Gasteiger charge is 2.21. The Kier molecular flexibility index (Phi) is 3.12. The topological polar surface area (TPSA) is 63.3 Å². The summed E-state index contributed by atoms with van der Waals surface area (Å²) < 4.78 is 0. The van der Waals surface area contributed by atoms with Crippen molar-refractivity contribution >= 4 is 11.7 Å². The lowest BCUT2D eigenvalue weighted by atomic mass is 9.88. The molecule has 0 spiro atoms. The number of carbonyl (C=O) groups is 1. The summed E-state index contributed by atoms with van der Waals surface area (Å²) in [5.74, 6) is -1.27. The highest BCUT2D eigenvalue weighted by Crippen LogP contribution is 2.28. The van der Waals surface area contributed by atoms with E-state index in [1.165, 1.54) is 0 Å². The molecule has 0 amide bonds. The monoisotopic (exact) mass is 193 g/mol. The number of carboxylic acid groups (broad SMARTS) is 1. The molecule has 0 heterocycles. The molecule has 0 saturated heterocycles. The van der Waals surface area contributed by atoms with E-state index in [0.29, 0.717) is 5.69 Å². The van der Waals surface area contributed by atoms with Crippen molar-refractivity contribution in [3.8, 4) is 0 Å². The van der Waals surface area contributed by atoms with Crippen LogP contribution in [-0.2, 0) is 4.79 Å². The summed E-state index contributed by atoms with van der Waals surface area (Å²) >= 11 is 0. The molecule has 14 heavy (non-hydrogen) atoms. The van der Waals surface area contributed by atoms with E-state index in [1.54, 1.807) is 13.0 Å². The van der Waals surface area contributed by atoms with Crippen LogP contribution in [0.4, 0.5) is 5.69 Å². The van der Waals surface area contributed by atoms with Gasteiger partial charge in [-0.15, -0.1) is 0 Å². The van der Waals surface area contributed by atoms with E-state index < -0.39 is 11.9 Å². The van der Waals surface area contributed by atoms with Crippen molar-refractivity contribution in [1.29, 1.82) is 0 Å². The molecular formula is C11H15NO2. The summed E-state index contributed by atoms with van der Waals surface area (Å²) in [5, 5.41) is 8.86. The van der Waals surface area contributed by atoms with Crippen molar-refractivity contribution in [3.63, 3.8) is 0 Å². The van der Waals surface area contributed by atoms with Gasteiger partial charge in [-0.05, 0) is 17.5 Å². The van der Waals surface area contributed by atoms with Crippen LogP contribution in [0.2, 0.25) is 0 Å². The molecule has 3 heteroatoms. The van der Waals surface area contributed by atoms with Gasteiger partial charge in [0.05, 0.1) is 5.92 Å². The molecule has 1 aromatic rings. The molecule has 0 bridgehead atoms. The Balaban J connectivity index is 2.94. The molecule has 2 unspecified atom stereocenters. The lowest BCUT2D eigenvalue weighted by Crippen LogP contribution is -2.17. The quantitative estimate of drug-likeness (QED) is 0.722. The van der Waals surface area contributed by atoms with Crippen molar-refractivity contribution in [1.82, 2.24) is 0 Å². The van der Waals surface area contributed by atoms with Gasteiger partial charge in [0.25, 0.3) is 0 Å². The average Bonchev–Trinajstić information content (AvgIpc) is 2.16. The van der Waals surface area contributed by atoms with Crippen LogP contribution in [-0.4, -0.2) is 11.1 Å². The largest absolute Gasteiger partial charge is 0.481 e. The van der Waals surface area contributed by atoms with Crippen molar-refractivity contribution in [2.75, 3.05) is 5.73 Å². The zero-order valence-corrected chi connectivity index (χ0v) is 8.40. The zero-order chi connectivity index (χ0) is 10.7. The van der Waals surface area contributed by atoms with Crippen LogP contribution in [0.1, 0.15) is 25.3 Å². The van der Waals surface area contributed by atoms with Gasteiger partial charge in [0.15, 0.2) is 0 Å². The number of nitrogens with two attached hydrogens (primary N) is 1. The molecular weight excluding hydrogens is 178 g/mol. The van der Waals surface area contributed by atoms with Crippen molar-refractivity contribution in [2.24, 2.45) is 5.92 Å². The highest BCUT2D eigenvalue weighted by atomic mass is 16.4. The minimum atomic E-state index is -0.791. The fraction of sp³-hybridized carbons (Fsp3) is 0.364. The predicted octanol–water partition coefficient (Wildman–Crippen LogP) is 2.09. The molecule has 0 aliphatic heterocycles. The first-order valence-electron chi connectivity index (χ1n) is 4.61. The maximum atomic E-state index is 10.8. The van der Waals surface area contributed by atoms with Crippen molar-refractivity contribution < 1.29 is 9.90 Å². The van der Waals surface area contributed by atoms with Crippen LogP contribution < -0.4 is 5.73 Å². The van der Waals surface area contributed by atoms with E-state index in [2.05, 4.69) is 0 Å². The Labute approximate surface area is 83.6 Å². The van der Waals surface area contributed by atoms with Crippen molar-refractivity contribution in [2.45, 2.75) is 19.8 Å². The van der Waals surface area contributed by atoms with E-state index in [1.807, 2.05) is 25.1 Å². The number of carboxylic acids is 1. The second kappa shape index (κ2) is 4.13. The summed E-state index contributed by atoms with van der Waals surface area (Å²) in [6.07, 6.45) is 0. The van der Waals surface area contributed by atoms with Crippen LogP contribution in [0.15, 0.2) is 24.3 Å². The summed E-state index contributed by atoms with van der Waals surface area (Å²) in [4.78, 5) is 10.8. The normalized spacial score (nSPS) is 14.7. The summed E-state index contributed by atoms with van der Waals surface area (Å²) in [6, 6.07) is 7.38. The predicted molar refractivity (Wildman–Crippen MR) is 56.1 cm³/mol. The van der Waals surface area contributed by atoms with E-state index in [9.17, 15) is 4.79 Å². The molecule has 0 aliphatic carbocycles. The molecule has 3 nitrogen and oxygen atoms in total. The molecule has 0 aromatic heterocycles. The van der Waals surface area contributed by atoms with E-state index in [0.717, 1.165) is 5.56 Å². The fourth-order valence-electron chi connectivity index (χ4n) is 1.41. The van der Waals surface area contributed by atoms with Crippen molar-refractivity contribution in [3.05, 3.63) is 29.8 Å². The summed E-state index contributed by atoms with van der Waals surface area (Å²) in [6.45, 7) is 3.57. The van der Waals surface area contributed by atoms with Gasteiger partial charge in [-0.3, -0.25) is 4.79 Å². The number of hydrogen-bond acceptors (Lipinski definition) is 2. The number of rotatable bonds is 3. The number of benzene rings is 1.